The number of hydrogen-bond acceptors (Lipinski definition) is 5. The van der Waals surface area contributed by atoms with Gasteiger partial charge in [0.15, 0.2) is 0 Å². The molecular weight excluding hydrogens is 190 g/mol. The minimum atomic E-state index is -1.25. The highest BCUT2D eigenvalue weighted by Crippen LogP contribution is 2.16. The highest BCUT2D eigenvalue weighted by atomic mass is 16.5. The highest BCUT2D eigenvalue weighted by molar-refractivity contribution is 5.75. The van der Waals surface area contributed by atoms with Crippen LogP contribution in [-0.2, 0) is 9.53 Å². The predicted molar refractivity (Wildman–Crippen MR) is 45.9 cm³/mol. The quantitative estimate of drug-likeness (QED) is 0.419. The van der Waals surface area contributed by atoms with Gasteiger partial charge in [-0.1, -0.05) is 0 Å². The lowest BCUT2D eigenvalue weighted by molar-refractivity contribution is -0.120. The normalized spacial score (nSPS) is 31.7. The Bertz CT molecular complexity index is 252. The summed E-state index contributed by atoms with van der Waals surface area (Å²) in [5.74, 6) is -0.367. The first-order valence-corrected chi connectivity index (χ1v) is 4.16. The van der Waals surface area contributed by atoms with Crippen molar-refractivity contribution >= 4 is 5.91 Å². The molecule has 0 aromatic rings. The summed E-state index contributed by atoms with van der Waals surface area (Å²) >= 11 is 0. The summed E-state index contributed by atoms with van der Waals surface area (Å²) in [6, 6.07) is 0. The lowest BCUT2D eigenvalue weighted by Gasteiger charge is -2.30. The van der Waals surface area contributed by atoms with E-state index in [1.165, 1.54) is 6.92 Å². The lowest BCUT2D eigenvalue weighted by atomic mass is 10.0. The minimum Gasteiger partial charge on any atom is -0.491 e. The maximum absolute atomic E-state index is 10.7. The van der Waals surface area contributed by atoms with Crippen LogP contribution in [0, 0.1) is 0 Å². The number of nitrogens with one attached hydrogen (secondary N) is 1. The van der Waals surface area contributed by atoms with E-state index in [2.05, 4.69) is 5.32 Å². The van der Waals surface area contributed by atoms with Crippen molar-refractivity contribution in [1.82, 2.24) is 5.32 Å². The first kappa shape index (κ1) is 11.0. The van der Waals surface area contributed by atoms with Gasteiger partial charge in [0.25, 0.3) is 0 Å². The summed E-state index contributed by atoms with van der Waals surface area (Å²) in [7, 11) is 0. The first-order chi connectivity index (χ1) is 6.56. The van der Waals surface area contributed by atoms with Crippen molar-refractivity contribution in [1.29, 1.82) is 0 Å². The fourth-order valence-electron chi connectivity index (χ4n) is 1.16. The minimum absolute atomic E-state index is 0.0923. The number of carbonyl (C=O) groups is 1. The van der Waals surface area contributed by atoms with E-state index in [9.17, 15) is 15.0 Å². The van der Waals surface area contributed by atoms with E-state index >= 15 is 0 Å². The van der Waals surface area contributed by atoms with Crippen LogP contribution in [0.4, 0.5) is 0 Å². The molecule has 0 aliphatic carbocycles. The lowest BCUT2D eigenvalue weighted by Crippen LogP contribution is -2.48. The van der Waals surface area contributed by atoms with E-state index in [1.807, 2.05) is 0 Å². The molecule has 3 atom stereocenters. The third-order valence-electron chi connectivity index (χ3n) is 1.89. The SMILES string of the molecule is CC(=O)NC1=COC(CO)C(O)C1O. The number of carbonyl (C=O) groups excluding carboxylic acids is 1. The number of ether oxygens (including phenoxy) is 1. The molecule has 1 aliphatic heterocycles. The summed E-state index contributed by atoms with van der Waals surface area (Å²) in [5, 5.41) is 29.9. The number of aliphatic hydroxyl groups is 3. The number of hydrogen-bond donors (Lipinski definition) is 4. The van der Waals surface area contributed by atoms with E-state index in [1.54, 1.807) is 0 Å². The van der Waals surface area contributed by atoms with Crippen molar-refractivity contribution < 1.29 is 24.9 Å². The Hall–Kier alpha value is -1.11. The third-order valence-corrected chi connectivity index (χ3v) is 1.89. The van der Waals surface area contributed by atoms with Crippen LogP contribution in [0.25, 0.3) is 0 Å². The standard InChI is InChI=1S/C8H13NO5/c1-4(11)9-5-3-14-6(2-10)8(13)7(5)12/h3,6-8,10,12-13H,2H2,1H3,(H,9,11). The first-order valence-electron chi connectivity index (χ1n) is 4.16. The summed E-state index contributed by atoms with van der Waals surface area (Å²) in [6.45, 7) is 0.875. The van der Waals surface area contributed by atoms with Crippen molar-refractivity contribution in [3.8, 4) is 0 Å². The van der Waals surface area contributed by atoms with Gasteiger partial charge in [0.2, 0.25) is 5.91 Å². The molecule has 80 valence electrons. The molecule has 1 rings (SSSR count). The van der Waals surface area contributed by atoms with Crippen molar-refractivity contribution in [2.75, 3.05) is 6.61 Å². The maximum Gasteiger partial charge on any atom is 0.221 e. The molecule has 14 heavy (non-hydrogen) atoms. The third kappa shape index (κ3) is 2.22. The van der Waals surface area contributed by atoms with E-state index in [4.69, 9.17) is 9.84 Å². The van der Waals surface area contributed by atoms with E-state index in [-0.39, 0.29) is 11.6 Å². The second kappa shape index (κ2) is 4.41. The van der Waals surface area contributed by atoms with Gasteiger partial charge in [0.1, 0.15) is 24.6 Å². The van der Waals surface area contributed by atoms with E-state index < -0.39 is 24.9 Å². The molecule has 1 amide bonds. The zero-order valence-corrected chi connectivity index (χ0v) is 7.67. The molecule has 0 bridgehead atoms. The molecule has 0 saturated heterocycles. The van der Waals surface area contributed by atoms with E-state index in [0.717, 1.165) is 6.26 Å². The molecule has 0 spiro atoms. The van der Waals surface area contributed by atoms with Crippen LogP contribution < -0.4 is 5.32 Å². The molecule has 0 saturated carbocycles. The largest absolute Gasteiger partial charge is 0.491 e. The van der Waals surface area contributed by atoms with Gasteiger partial charge in [-0.05, 0) is 0 Å². The molecule has 0 aromatic carbocycles. The average Bonchev–Trinajstić information content (AvgIpc) is 2.13. The molecule has 1 aliphatic rings. The molecule has 0 aromatic heterocycles. The Labute approximate surface area is 80.8 Å². The van der Waals surface area contributed by atoms with Crippen molar-refractivity contribution in [2.24, 2.45) is 0 Å². The zero-order valence-electron chi connectivity index (χ0n) is 7.67. The Morgan fingerprint density at radius 1 is 1.64 bits per heavy atom. The second-order valence-electron chi connectivity index (χ2n) is 3.05. The number of aliphatic hydroxyl groups excluding tert-OH is 3. The van der Waals surface area contributed by atoms with Crippen molar-refractivity contribution in [2.45, 2.75) is 25.2 Å². The Morgan fingerprint density at radius 3 is 2.79 bits per heavy atom. The molecule has 4 N–H and O–H groups in total. The van der Waals surface area contributed by atoms with Crippen LogP contribution in [0.15, 0.2) is 12.0 Å². The summed E-state index contributed by atoms with van der Waals surface area (Å²) in [4.78, 5) is 10.7. The van der Waals surface area contributed by atoms with Gasteiger partial charge in [-0.2, -0.15) is 0 Å². The molecule has 6 heteroatoms. The molecule has 0 radical (unpaired) electrons. The smallest absolute Gasteiger partial charge is 0.221 e. The molecule has 6 nitrogen and oxygen atoms in total. The topological polar surface area (TPSA) is 99.0 Å². The second-order valence-corrected chi connectivity index (χ2v) is 3.05. The van der Waals surface area contributed by atoms with Gasteiger partial charge in [-0.3, -0.25) is 4.79 Å². The Balaban J connectivity index is 2.70. The van der Waals surface area contributed by atoms with Crippen molar-refractivity contribution in [3.05, 3.63) is 12.0 Å². The van der Waals surface area contributed by atoms with Gasteiger partial charge >= 0.3 is 0 Å². The monoisotopic (exact) mass is 203 g/mol. The van der Waals surface area contributed by atoms with Crippen LogP contribution in [0.5, 0.6) is 0 Å². The zero-order chi connectivity index (χ0) is 10.7. The van der Waals surface area contributed by atoms with Crippen LogP contribution in [-0.4, -0.2) is 46.1 Å². The molecule has 0 fully saturated rings. The molecule has 1 heterocycles. The van der Waals surface area contributed by atoms with Crippen LogP contribution in [0.1, 0.15) is 6.92 Å². The van der Waals surface area contributed by atoms with Crippen LogP contribution in [0.3, 0.4) is 0 Å². The fraction of sp³-hybridized carbons (Fsp3) is 0.625. The van der Waals surface area contributed by atoms with E-state index in [0.29, 0.717) is 0 Å². The number of amides is 1. The van der Waals surface area contributed by atoms with Gasteiger partial charge in [-0.15, -0.1) is 0 Å². The predicted octanol–water partition coefficient (Wildman–Crippen LogP) is -1.92. The highest BCUT2D eigenvalue weighted by Gasteiger charge is 2.33. The van der Waals surface area contributed by atoms with Gasteiger partial charge in [0, 0.05) is 6.92 Å². The molecular formula is C8H13NO5. The van der Waals surface area contributed by atoms with Crippen LogP contribution in [0.2, 0.25) is 0 Å². The van der Waals surface area contributed by atoms with Gasteiger partial charge < -0.3 is 25.4 Å². The summed E-state index contributed by atoms with van der Waals surface area (Å²) in [5.41, 5.74) is 0.0923. The summed E-state index contributed by atoms with van der Waals surface area (Å²) in [6.07, 6.45) is -2.22. The fourth-order valence-corrected chi connectivity index (χ4v) is 1.16. The summed E-state index contributed by atoms with van der Waals surface area (Å²) < 4.78 is 4.89. The van der Waals surface area contributed by atoms with Crippen molar-refractivity contribution in [3.63, 3.8) is 0 Å². The van der Waals surface area contributed by atoms with Crippen LogP contribution >= 0.6 is 0 Å². The van der Waals surface area contributed by atoms with Gasteiger partial charge in [0.05, 0.1) is 12.3 Å². The maximum atomic E-state index is 10.7. The average molecular weight is 203 g/mol. The van der Waals surface area contributed by atoms with Gasteiger partial charge in [-0.25, -0.2) is 0 Å². The molecule has 3 unspecified atom stereocenters. The Kier molecular flexibility index (Phi) is 3.45. The Morgan fingerprint density at radius 2 is 2.29 bits per heavy atom. The number of rotatable bonds is 2.